The van der Waals surface area contributed by atoms with E-state index in [1.807, 2.05) is 0 Å². The highest BCUT2D eigenvalue weighted by molar-refractivity contribution is 9.11. The Morgan fingerprint density at radius 2 is 2.12 bits per heavy atom. The number of aromatic nitrogens is 1. The number of thiophene rings is 1. The van der Waals surface area contributed by atoms with E-state index in [-0.39, 0.29) is 0 Å². The molecule has 2 aromatic heterocycles. The van der Waals surface area contributed by atoms with Crippen molar-refractivity contribution in [3.8, 4) is 9.88 Å². The first-order chi connectivity index (χ1) is 8.33. The van der Waals surface area contributed by atoms with E-state index >= 15 is 0 Å². The van der Waals surface area contributed by atoms with Gasteiger partial charge in [0.25, 0.3) is 0 Å². The molecule has 0 aromatic carbocycles. The van der Waals surface area contributed by atoms with Crippen molar-refractivity contribution >= 4 is 38.6 Å². The average Bonchev–Trinajstić information content (AvgIpc) is 2.98. The van der Waals surface area contributed by atoms with Crippen molar-refractivity contribution in [1.29, 1.82) is 0 Å². The molecule has 0 bridgehead atoms. The van der Waals surface area contributed by atoms with Gasteiger partial charge in [-0.3, -0.25) is 0 Å². The molecule has 1 aliphatic rings. The molecule has 3 heterocycles. The molecule has 0 atom stereocenters. The number of hydrogen-bond acceptors (Lipinski definition) is 4. The van der Waals surface area contributed by atoms with Gasteiger partial charge in [-0.15, -0.1) is 22.7 Å². The SMILES string of the molecule is Brc1ccc(-c2nc(C3CCNCC3)cs2)s1. The van der Waals surface area contributed by atoms with Gasteiger partial charge in [-0.1, -0.05) is 0 Å². The van der Waals surface area contributed by atoms with Crippen LogP contribution in [0.25, 0.3) is 9.88 Å². The predicted octanol–water partition coefficient (Wildman–Crippen LogP) is 4.10. The van der Waals surface area contributed by atoms with Crippen LogP contribution in [0, 0.1) is 0 Å². The number of hydrogen-bond donors (Lipinski definition) is 1. The Bertz CT molecular complexity index is 500. The van der Waals surface area contributed by atoms with Gasteiger partial charge in [-0.05, 0) is 54.0 Å². The average molecular weight is 329 g/mol. The predicted molar refractivity (Wildman–Crippen MR) is 78.0 cm³/mol. The van der Waals surface area contributed by atoms with Gasteiger partial charge in [0.15, 0.2) is 0 Å². The van der Waals surface area contributed by atoms with E-state index in [9.17, 15) is 0 Å². The minimum atomic E-state index is 0.657. The first-order valence-corrected chi connectivity index (χ1v) is 8.24. The number of piperidine rings is 1. The monoisotopic (exact) mass is 328 g/mol. The van der Waals surface area contributed by atoms with E-state index in [1.54, 1.807) is 22.7 Å². The zero-order valence-corrected chi connectivity index (χ0v) is 12.5. The third kappa shape index (κ3) is 2.62. The number of rotatable bonds is 2. The van der Waals surface area contributed by atoms with Crippen LogP contribution >= 0.6 is 38.6 Å². The van der Waals surface area contributed by atoms with Gasteiger partial charge in [0.05, 0.1) is 14.4 Å². The van der Waals surface area contributed by atoms with Crippen LogP contribution in [-0.4, -0.2) is 18.1 Å². The maximum Gasteiger partial charge on any atom is 0.133 e. The Balaban J connectivity index is 1.82. The van der Waals surface area contributed by atoms with E-state index in [0.29, 0.717) is 5.92 Å². The van der Waals surface area contributed by atoms with Gasteiger partial charge in [-0.25, -0.2) is 4.98 Å². The van der Waals surface area contributed by atoms with Crippen molar-refractivity contribution in [3.05, 3.63) is 27.0 Å². The summed E-state index contributed by atoms with van der Waals surface area (Å²) in [6, 6.07) is 4.23. The molecular weight excluding hydrogens is 316 g/mol. The van der Waals surface area contributed by atoms with Crippen LogP contribution in [0.15, 0.2) is 21.3 Å². The second-order valence-corrected chi connectivity index (χ2v) is 7.53. The Morgan fingerprint density at radius 3 is 2.82 bits per heavy atom. The molecule has 17 heavy (non-hydrogen) atoms. The van der Waals surface area contributed by atoms with Crippen molar-refractivity contribution in [2.24, 2.45) is 0 Å². The number of halogens is 1. The summed E-state index contributed by atoms with van der Waals surface area (Å²) in [6.45, 7) is 2.25. The lowest BCUT2D eigenvalue weighted by Gasteiger charge is -2.20. The smallest absolute Gasteiger partial charge is 0.133 e. The molecule has 0 unspecified atom stereocenters. The molecule has 90 valence electrons. The molecule has 0 spiro atoms. The van der Waals surface area contributed by atoms with Gasteiger partial charge in [0, 0.05) is 11.3 Å². The fraction of sp³-hybridized carbons (Fsp3) is 0.417. The number of nitrogens with zero attached hydrogens (tertiary/aromatic N) is 1. The maximum absolute atomic E-state index is 4.80. The van der Waals surface area contributed by atoms with Crippen LogP contribution in [0.3, 0.4) is 0 Å². The van der Waals surface area contributed by atoms with E-state index in [2.05, 4.69) is 38.8 Å². The molecule has 1 N–H and O–H groups in total. The second kappa shape index (κ2) is 5.18. The fourth-order valence-electron chi connectivity index (χ4n) is 2.13. The van der Waals surface area contributed by atoms with Crippen molar-refractivity contribution in [2.75, 3.05) is 13.1 Å². The molecule has 1 fully saturated rings. The quantitative estimate of drug-likeness (QED) is 0.897. The van der Waals surface area contributed by atoms with Gasteiger partial charge in [0.2, 0.25) is 0 Å². The van der Waals surface area contributed by atoms with E-state index in [4.69, 9.17) is 4.98 Å². The molecule has 1 saturated heterocycles. The summed E-state index contributed by atoms with van der Waals surface area (Å²) in [7, 11) is 0. The Hall–Kier alpha value is -0.230. The minimum absolute atomic E-state index is 0.657. The Kier molecular flexibility index (Phi) is 3.61. The van der Waals surface area contributed by atoms with Gasteiger partial charge in [-0.2, -0.15) is 0 Å². The highest BCUT2D eigenvalue weighted by Gasteiger charge is 2.18. The van der Waals surface area contributed by atoms with Gasteiger partial charge < -0.3 is 5.32 Å². The van der Waals surface area contributed by atoms with Gasteiger partial charge >= 0.3 is 0 Å². The molecule has 0 aliphatic carbocycles. The van der Waals surface area contributed by atoms with E-state index in [1.165, 1.54) is 27.2 Å². The Labute approximate surface area is 117 Å². The zero-order valence-electron chi connectivity index (χ0n) is 9.28. The van der Waals surface area contributed by atoms with Crippen LogP contribution in [0.1, 0.15) is 24.5 Å². The summed E-state index contributed by atoms with van der Waals surface area (Å²) < 4.78 is 1.17. The third-order valence-corrected chi connectivity index (χ3v) is 5.72. The van der Waals surface area contributed by atoms with E-state index < -0.39 is 0 Å². The molecule has 5 heteroatoms. The maximum atomic E-state index is 4.80. The summed E-state index contributed by atoms with van der Waals surface area (Å²) >= 11 is 7.02. The van der Waals surface area contributed by atoms with Crippen LogP contribution < -0.4 is 5.32 Å². The van der Waals surface area contributed by atoms with Crippen molar-refractivity contribution in [3.63, 3.8) is 0 Å². The van der Waals surface area contributed by atoms with Gasteiger partial charge in [0.1, 0.15) is 5.01 Å². The Morgan fingerprint density at radius 1 is 1.29 bits per heavy atom. The standard InChI is InChI=1S/C12H13BrN2S2/c13-11-2-1-10(17-11)12-15-9(7-16-12)8-3-5-14-6-4-8/h1-2,7-8,14H,3-6H2. The van der Waals surface area contributed by atoms with Crippen molar-refractivity contribution in [2.45, 2.75) is 18.8 Å². The van der Waals surface area contributed by atoms with E-state index in [0.717, 1.165) is 18.1 Å². The first-order valence-electron chi connectivity index (χ1n) is 5.75. The largest absolute Gasteiger partial charge is 0.317 e. The van der Waals surface area contributed by atoms with Crippen molar-refractivity contribution in [1.82, 2.24) is 10.3 Å². The zero-order chi connectivity index (χ0) is 11.7. The van der Waals surface area contributed by atoms with Crippen LogP contribution in [0.4, 0.5) is 0 Å². The lowest BCUT2D eigenvalue weighted by atomic mass is 9.95. The molecule has 0 radical (unpaired) electrons. The number of nitrogens with one attached hydrogen (secondary N) is 1. The molecular formula is C12H13BrN2S2. The van der Waals surface area contributed by atoms with Crippen LogP contribution in [0.2, 0.25) is 0 Å². The fourth-order valence-corrected chi connectivity index (χ4v) is 4.49. The van der Waals surface area contributed by atoms with Crippen LogP contribution in [0.5, 0.6) is 0 Å². The normalized spacial score (nSPS) is 17.5. The summed E-state index contributed by atoms with van der Waals surface area (Å²) in [5.74, 6) is 0.657. The molecule has 0 saturated carbocycles. The molecule has 1 aliphatic heterocycles. The lowest BCUT2D eigenvalue weighted by Crippen LogP contribution is -2.26. The number of thiazole rings is 1. The third-order valence-electron chi connectivity index (χ3n) is 3.06. The highest BCUT2D eigenvalue weighted by atomic mass is 79.9. The lowest BCUT2D eigenvalue weighted by molar-refractivity contribution is 0.455. The molecule has 3 rings (SSSR count). The molecule has 0 amide bonds. The summed E-state index contributed by atoms with van der Waals surface area (Å²) in [5, 5.41) is 6.79. The molecule has 2 aromatic rings. The second-order valence-electron chi connectivity index (χ2n) is 4.21. The van der Waals surface area contributed by atoms with Crippen LogP contribution in [-0.2, 0) is 0 Å². The highest BCUT2D eigenvalue weighted by Crippen LogP contribution is 2.35. The summed E-state index contributed by atoms with van der Waals surface area (Å²) in [5.41, 5.74) is 1.29. The minimum Gasteiger partial charge on any atom is -0.317 e. The first kappa shape index (κ1) is 11.8. The van der Waals surface area contributed by atoms with Crippen molar-refractivity contribution < 1.29 is 0 Å². The summed E-state index contributed by atoms with van der Waals surface area (Å²) in [6.07, 6.45) is 2.44. The summed E-state index contributed by atoms with van der Waals surface area (Å²) in [4.78, 5) is 6.06. The topological polar surface area (TPSA) is 24.9 Å². The molecule has 2 nitrogen and oxygen atoms in total.